The smallest absolute Gasteiger partial charge is 0.225 e. The molecule has 1 amide bonds. The number of halogens is 2. The summed E-state index contributed by atoms with van der Waals surface area (Å²) in [5.41, 5.74) is 3.52. The van der Waals surface area contributed by atoms with Crippen molar-refractivity contribution in [2.75, 3.05) is 24.5 Å². The van der Waals surface area contributed by atoms with Crippen molar-refractivity contribution in [2.24, 2.45) is 5.92 Å². The third-order valence-corrected chi connectivity index (χ3v) is 6.86. The largest absolute Gasteiger partial charge is 0.361 e. The Labute approximate surface area is 183 Å². The maximum atomic E-state index is 13.2. The van der Waals surface area contributed by atoms with Crippen LogP contribution in [-0.2, 0) is 4.79 Å². The van der Waals surface area contributed by atoms with Gasteiger partial charge in [0.05, 0.1) is 6.04 Å². The quantitative estimate of drug-likeness (QED) is 0.572. The number of amides is 1. The summed E-state index contributed by atoms with van der Waals surface area (Å²) < 4.78 is 0. The zero-order chi connectivity index (χ0) is 20.4. The summed E-state index contributed by atoms with van der Waals surface area (Å²) in [6.45, 7) is 4.38. The van der Waals surface area contributed by atoms with Gasteiger partial charge >= 0.3 is 0 Å². The first kappa shape index (κ1) is 20.6. The van der Waals surface area contributed by atoms with Gasteiger partial charge in [-0.3, -0.25) is 4.79 Å². The van der Waals surface area contributed by atoms with E-state index in [1.54, 1.807) is 0 Å². The number of rotatable bonds is 3. The van der Waals surface area contributed by atoms with Gasteiger partial charge in [-0.15, -0.1) is 0 Å². The van der Waals surface area contributed by atoms with Gasteiger partial charge in [-0.05, 0) is 61.2 Å². The van der Waals surface area contributed by atoms with E-state index in [9.17, 15) is 4.79 Å². The van der Waals surface area contributed by atoms with Gasteiger partial charge < -0.3 is 9.80 Å². The first-order chi connectivity index (χ1) is 14.0. The molecule has 3 nitrogen and oxygen atoms in total. The number of anilines is 1. The fourth-order valence-corrected chi connectivity index (χ4v) is 5.14. The molecule has 2 fully saturated rings. The first-order valence-corrected chi connectivity index (χ1v) is 11.4. The van der Waals surface area contributed by atoms with Crippen LogP contribution in [0.25, 0.3) is 0 Å². The zero-order valence-electron chi connectivity index (χ0n) is 16.9. The van der Waals surface area contributed by atoms with Crippen LogP contribution in [0.15, 0.2) is 42.5 Å². The maximum absolute atomic E-state index is 13.2. The summed E-state index contributed by atoms with van der Waals surface area (Å²) in [6.07, 6.45) is 5.71. The highest BCUT2D eigenvalue weighted by Crippen LogP contribution is 2.35. The fraction of sp³-hybridized carbons (Fsp3) is 0.458. The molecule has 2 aliphatic rings. The van der Waals surface area contributed by atoms with Crippen LogP contribution in [0.5, 0.6) is 0 Å². The van der Waals surface area contributed by atoms with E-state index >= 15 is 0 Å². The molecule has 29 heavy (non-hydrogen) atoms. The SMILES string of the molecule is Cc1cc(Cl)ccc1N1CCN(C(=O)C2CCCCC2)CC1c1ccc(Cl)cc1. The minimum Gasteiger partial charge on any atom is -0.361 e. The second-order valence-corrected chi connectivity index (χ2v) is 9.18. The van der Waals surface area contributed by atoms with E-state index < -0.39 is 0 Å². The summed E-state index contributed by atoms with van der Waals surface area (Å²) in [6, 6.07) is 14.2. The second-order valence-electron chi connectivity index (χ2n) is 8.31. The lowest BCUT2D eigenvalue weighted by atomic mass is 9.87. The summed E-state index contributed by atoms with van der Waals surface area (Å²) in [5, 5.41) is 1.48. The van der Waals surface area contributed by atoms with Crippen LogP contribution in [0.1, 0.15) is 49.3 Å². The first-order valence-electron chi connectivity index (χ1n) is 10.6. The van der Waals surface area contributed by atoms with Crippen molar-refractivity contribution >= 4 is 34.8 Å². The van der Waals surface area contributed by atoms with Crippen LogP contribution >= 0.6 is 23.2 Å². The van der Waals surface area contributed by atoms with Crippen LogP contribution < -0.4 is 4.90 Å². The number of benzene rings is 2. The minimum absolute atomic E-state index is 0.105. The minimum atomic E-state index is 0.105. The zero-order valence-corrected chi connectivity index (χ0v) is 18.4. The van der Waals surface area contributed by atoms with Crippen molar-refractivity contribution in [1.29, 1.82) is 0 Å². The summed E-state index contributed by atoms with van der Waals surface area (Å²) >= 11 is 12.3. The average molecular weight is 431 g/mol. The summed E-state index contributed by atoms with van der Waals surface area (Å²) in [4.78, 5) is 17.7. The van der Waals surface area contributed by atoms with Crippen molar-refractivity contribution < 1.29 is 4.79 Å². The highest BCUT2D eigenvalue weighted by molar-refractivity contribution is 6.31. The molecule has 0 N–H and O–H groups in total. The number of nitrogens with zero attached hydrogens (tertiary/aromatic N) is 2. The fourth-order valence-electron chi connectivity index (χ4n) is 4.79. The second kappa shape index (κ2) is 8.97. The number of carbonyl (C=O) groups excluding carboxylic acids is 1. The van der Waals surface area contributed by atoms with E-state index in [2.05, 4.69) is 34.9 Å². The molecule has 1 saturated carbocycles. The van der Waals surface area contributed by atoms with E-state index in [1.165, 1.54) is 30.5 Å². The molecule has 1 aliphatic carbocycles. The van der Waals surface area contributed by atoms with Crippen molar-refractivity contribution in [3.8, 4) is 0 Å². The van der Waals surface area contributed by atoms with Crippen molar-refractivity contribution in [1.82, 2.24) is 4.90 Å². The van der Waals surface area contributed by atoms with E-state index in [1.807, 2.05) is 24.3 Å². The number of hydrogen-bond acceptors (Lipinski definition) is 2. The molecule has 154 valence electrons. The molecular weight excluding hydrogens is 403 g/mol. The summed E-state index contributed by atoms with van der Waals surface area (Å²) in [7, 11) is 0. The van der Waals surface area contributed by atoms with Gasteiger partial charge in [0, 0.05) is 41.3 Å². The van der Waals surface area contributed by atoms with Crippen LogP contribution in [0, 0.1) is 12.8 Å². The number of hydrogen-bond donors (Lipinski definition) is 0. The Balaban J connectivity index is 1.62. The van der Waals surface area contributed by atoms with Gasteiger partial charge in [-0.25, -0.2) is 0 Å². The average Bonchev–Trinajstić information content (AvgIpc) is 2.74. The van der Waals surface area contributed by atoms with Crippen LogP contribution in [0.3, 0.4) is 0 Å². The van der Waals surface area contributed by atoms with Crippen LogP contribution in [-0.4, -0.2) is 30.4 Å². The monoisotopic (exact) mass is 430 g/mol. The normalized spacial score (nSPS) is 20.7. The lowest BCUT2D eigenvalue weighted by Gasteiger charge is -2.44. The van der Waals surface area contributed by atoms with Crippen molar-refractivity contribution in [2.45, 2.75) is 45.1 Å². The Morgan fingerprint density at radius 2 is 1.62 bits per heavy atom. The van der Waals surface area contributed by atoms with Gasteiger partial charge in [0.1, 0.15) is 0 Å². The highest BCUT2D eigenvalue weighted by atomic mass is 35.5. The Bertz CT molecular complexity index is 862. The molecule has 2 aromatic rings. The Morgan fingerprint density at radius 3 is 2.31 bits per heavy atom. The molecular formula is C24H28Cl2N2O. The third kappa shape index (κ3) is 4.57. The van der Waals surface area contributed by atoms with Crippen molar-refractivity contribution in [3.05, 3.63) is 63.6 Å². The highest BCUT2D eigenvalue weighted by Gasteiger charge is 2.34. The molecule has 1 aliphatic heterocycles. The molecule has 1 saturated heterocycles. The van der Waals surface area contributed by atoms with E-state index in [0.717, 1.165) is 41.5 Å². The number of carbonyl (C=O) groups is 1. The van der Waals surface area contributed by atoms with Gasteiger partial charge in [0.15, 0.2) is 0 Å². The molecule has 1 heterocycles. The molecule has 0 aromatic heterocycles. The molecule has 0 spiro atoms. The van der Waals surface area contributed by atoms with Crippen LogP contribution in [0.4, 0.5) is 5.69 Å². The molecule has 5 heteroatoms. The Hall–Kier alpha value is -1.71. The van der Waals surface area contributed by atoms with Gasteiger partial charge in [-0.1, -0.05) is 54.6 Å². The van der Waals surface area contributed by atoms with E-state index in [4.69, 9.17) is 23.2 Å². The van der Waals surface area contributed by atoms with Gasteiger partial charge in [-0.2, -0.15) is 0 Å². The maximum Gasteiger partial charge on any atom is 0.225 e. The van der Waals surface area contributed by atoms with Crippen LogP contribution in [0.2, 0.25) is 10.0 Å². The number of piperazine rings is 1. The topological polar surface area (TPSA) is 23.6 Å². The molecule has 2 aromatic carbocycles. The van der Waals surface area contributed by atoms with Gasteiger partial charge in [0.2, 0.25) is 5.91 Å². The third-order valence-electron chi connectivity index (χ3n) is 6.37. The predicted octanol–water partition coefficient (Wildman–Crippen LogP) is 6.27. The molecule has 1 atom stereocenters. The predicted molar refractivity (Wildman–Crippen MR) is 121 cm³/mol. The molecule has 4 rings (SSSR count). The molecule has 0 bridgehead atoms. The van der Waals surface area contributed by atoms with E-state index in [-0.39, 0.29) is 12.0 Å². The Kier molecular flexibility index (Phi) is 6.36. The van der Waals surface area contributed by atoms with E-state index in [0.29, 0.717) is 12.5 Å². The van der Waals surface area contributed by atoms with Gasteiger partial charge in [0.25, 0.3) is 0 Å². The summed E-state index contributed by atoms with van der Waals surface area (Å²) in [5.74, 6) is 0.551. The molecule has 1 unspecified atom stereocenters. The standard InChI is InChI=1S/C24H28Cl2N2O/c1-17-15-21(26)11-12-22(17)28-14-13-27(24(29)19-5-3-2-4-6-19)16-23(28)18-7-9-20(25)10-8-18/h7-12,15,19,23H,2-6,13-14,16H2,1H3. The lowest BCUT2D eigenvalue weighted by Crippen LogP contribution is -2.52. The molecule has 0 radical (unpaired) electrons. The Morgan fingerprint density at radius 1 is 0.931 bits per heavy atom. The lowest BCUT2D eigenvalue weighted by molar-refractivity contribution is -0.137. The number of aryl methyl sites for hydroxylation is 1. The van der Waals surface area contributed by atoms with Crippen molar-refractivity contribution in [3.63, 3.8) is 0 Å².